The molecule has 1 unspecified atom stereocenters. The third-order valence-corrected chi connectivity index (χ3v) is 3.81. The summed E-state index contributed by atoms with van der Waals surface area (Å²) < 4.78 is 16.3. The fraction of sp³-hybridized carbons (Fsp3) is 0.529. The Hall–Kier alpha value is -2.64. The molecule has 10 heteroatoms. The van der Waals surface area contributed by atoms with Crippen LogP contribution in [0.5, 0.6) is 0 Å². The van der Waals surface area contributed by atoms with Crippen molar-refractivity contribution in [3.63, 3.8) is 0 Å². The molecular formula is C17H24N2O7Si. The minimum absolute atomic E-state index is 0.0132. The molecule has 27 heavy (non-hydrogen) atoms. The maximum atomic E-state index is 11.9. The number of H-pyrrole nitrogens is 1. The van der Waals surface area contributed by atoms with Gasteiger partial charge in [0.15, 0.2) is 0 Å². The van der Waals surface area contributed by atoms with Gasteiger partial charge in [-0.1, -0.05) is 25.6 Å². The standard InChI is InChI=1S/C17H24N2O7Si/c1-12(20)24-8-6-15(26-13(2)21)25-11-19-10-14(7-9-27(3,4)5)16(22)18-17(19)23/h10,15H,6,8,11H2,1-5H3,(H,18,22,23). The van der Waals surface area contributed by atoms with Gasteiger partial charge in [0.2, 0.25) is 6.29 Å². The van der Waals surface area contributed by atoms with Crippen LogP contribution >= 0.6 is 0 Å². The number of nitrogens with one attached hydrogen (secondary N) is 1. The first-order valence-electron chi connectivity index (χ1n) is 8.27. The smallest absolute Gasteiger partial charge is 0.330 e. The van der Waals surface area contributed by atoms with Gasteiger partial charge in [-0.05, 0) is 0 Å². The van der Waals surface area contributed by atoms with Gasteiger partial charge in [0.1, 0.15) is 20.4 Å². The van der Waals surface area contributed by atoms with E-state index >= 15 is 0 Å². The first-order valence-corrected chi connectivity index (χ1v) is 11.8. The molecule has 0 aliphatic rings. The molecule has 1 rings (SSSR count). The Balaban J connectivity index is 2.92. The molecule has 1 heterocycles. The van der Waals surface area contributed by atoms with E-state index in [4.69, 9.17) is 14.2 Å². The third kappa shape index (κ3) is 9.03. The van der Waals surface area contributed by atoms with Crippen LogP contribution in [0.3, 0.4) is 0 Å². The lowest BCUT2D eigenvalue weighted by molar-refractivity contribution is -0.189. The number of aromatic amines is 1. The number of nitrogens with zero attached hydrogens (tertiary/aromatic N) is 1. The number of hydrogen-bond donors (Lipinski definition) is 1. The first-order chi connectivity index (χ1) is 12.5. The quantitative estimate of drug-likeness (QED) is 0.310. The molecule has 0 aliphatic carbocycles. The van der Waals surface area contributed by atoms with Crippen LogP contribution in [0.1, 0.15) is 25.8 Å². The van der Waals surface area contributed by atoms with Crippen molar-refractivity contribution in [2.24, 2.45) is 0 Å². The van der Waals surface area contributed by atoms with E-state index in [0.29, 0.717) is 0 Å². The zero-order valence-corrected chi connectivity index (χ0v) is 17.1. The van der Waals surface area contributed by atoms with Crippen molar-refractivity contribution < 1.29 is 23.8 Å². The maximum absolute atomic E-state index is 11.9. The van der Waals surface area contributed by atoms with Crippen LogP contribution in [0.2, 0.25) is 19.6 Å². The Bertz CT molecular complexity index is 855. The van der Waals surface area contributed by atoms with Crippen molar-refractivity contribution >= 4 is 20.0 Å². The number of hydrogen-bond acceptors (Lipinski definition) is 7. The Labute approximate surface area is 157 Å². The number of carbonyl (C=O) groups excluding carboxylic acids is 2. The summed E-state index contributed by atoms with van der Waals surface area (Å²) in [5.74, 6) is 1.74. The summed E-state index contributed by atoms with van der Waals surface area (Å²) >= 11 is 0. The maximum Gasteiger partial charge on any atom is 0.330 e. The molecule has 0 saturated heterocycles. The van der Waals surface area contributed by atoms with E-state index in [-0.39, 0.29) is 25.3 Å². The van der Waals surface area contributed by atoms with Gasteiger partial charge in [0.05, 0.1) is 6.61 Å². The summed E-state index contributed by atoms with van der Waals surface area (Å²) in [6, 6.07) is 0. The van der Waals surface area contributed by atoms with Gasteiger partial charge in [0, 0.05) is 26.5 Å². The minimum atomic E-state index is -1.70. The zero-order chi connectivity index (χ0) is 20.6. The van der Waals surface area contributed by atoms with Crippen molar-refractivity contribution in [2.75, 3.05) is 6.61 Å². The van der Waals surface area contributed by atoms with Crippen LogP contribution in [0.25, 0.3) is 0 Å². The fourth-order valence-electron chi connectivity index (χ4n) is 1.77. The molecule has 0 bridgehead atoms. The Morgan fingerprint density at radius 3 is 2.44 bits per heavy atom. The second kappa shape index (κ2) is 9.89. The van der Waals surface area contributed by atoms with Gasteiger partial charge in [-0.3, -0.25) is 23.9 Å². The minimum Gasteiger partial charge on any atom is -0.466 e. The molecular weight excluding hydrogens is 372 g/mol. The highest BCUT2D eigenvalue weighted by Gasteiger charge is 2.15. The van der Waals surface area contributed by atoms with E-state index < -0.39 is 37.6 Å². The average Bonchev–Trinajstić information content (AvgIpc) is 2.51. The number of rotatable bonds is 7. The number of ether oxygens (including phenoxy) is 3. The molecule has 0 radical (unpaired) electrons. The van der Waals surface area contributed by atoms with E-state index in [2.05, 4.69) is 16.4 Å². The lowest BCUT2D eigenvalue weighted by Crippen LogP contribution is -2.33. The van der Waals surface area contributed by atoms with Crippen molar-refractivity contribution in [1.29, 1.82) is 0 Å². The number of aromatic nitrogens is 2. The van der Waals surface area contributed by atoms with E-state index in [1.165, 1.54) is 20.0 Å². The van der Waals surface area contributed by atoms with Crippen molar-refractivity contribution in [1.82, 2.24) is 9.55 Å². The molecule has 0 amide bonds. The van der Waals surface area contributed by atoms with Crippen LogP contribution in [0, 0.1) is 11.5 Å². The molecule has 0 spiro atoms. The van der Waals surface area contributed by atoms with Crippen LogP contribution in [0.15, 0.2) is 15.8 Å². The summed E-state index contributed by atoms with van der Waals surface area (Å²) in [4.78, 5) is 48.0. The lowest BCUT2D eigenvalue weighted by Gasteiger charge is -2.18. The van der Waals surface area contributed by atoms with Crippen molar-refractivity contribution in [3.8, 4) is 11.5 Å². The summed E-state index contributed by atoms with van der Waals surface area (Å²) in [7, 11) is -1.70. The van der Waals surface area contributed by atoms with Crippen LogP contribution in [-0.2, 0) is 30.5 Å². The predicted octanol–water partition coefficient (Wildman–Crippen LogP) is 0.582. The average molecular weight is 396 g/mol. The molecule has 0 saturated carbocycles. The molecule has 9 nitrogen and oxygen atoms in total. The van der Waals surface area contributed by atoms with E-state index in [1.54, 1.807) is 0 Å². The second-order valence-corrected chi connectivity index (χ2v) is 11.5. The molecule has 1 N–H and O–H groups in total. The topological polar surface area (TPSA) is 117 Å². The molecule has 1 aromatic heterocycles. The summed E-state index contributed by atoms with van der Waals surface area (Å²) in [5, 5.41) is 0. The van der Waals surface area contributed by atoms with Gasteiger partial charge >= 0.3 is 17.6 Å². The van der Waals surface area contributed by atoms with Gasteiger partial charge in [0.25, 0.3) is 5.56 Å². The van der Waals surface area contributed by atoms with Crippen LogP contribution < -0.4 is 11.2 Å². The largest absolute Gasteiger partial charge is 0.466 e. The number of esters is 2. The van der Waals surface area contributed by atoms with Gasteiger partial charge in [-0.25, -0.2) is 4.79 Å². The Morgan fingerprint density at radius 1 is 1.22 bits per heavy atom. The molecule has 1 aromatic rings. The Morgan fingerprint density at radius 2 is 1.89 bits per heavy atom. The van der Waals surface area contributed by atoms with E-state index in [9.17, 15) is 19.2 Å². The second-order valence-electron chi connectivity index (χ2n) is 6.74. The SMILES string of the molecule is CC(=O)OCCC(OCn1cc(C#C[Si](C)(C)C)c(=O)[nH]c1=O)OC(C)=O. The molecule has 1 atom stereocenters. The molecule has 0 aromatic carbocycles. The predicted molar refractivity (Wildman–Crippen MR) is 99.4 cm³/mol. The number of carbonyl (C=O) groups is 2. The fourth-order valence-corrected chi connectivity index (χ4v) is 2.28. The lowest BCUT2D eigenvalue weighted by atomic mass is 10.3. The summed E-state index contributed by atoms with van der Waals surface area (Å²) in [5.41, 5.74) is 1.94. The van der Waals surface area contributed by atoms with E-state index in [1.807, 2.05) is 19.6 Å². The monoisotopic (exact) mass is 396 g/mol. The highest BCUT2D eigenvalue weighted by atomic mass is 28.3. The summed E-state index contributed by atoms with van der Waals surface area (Å²) in [6.45, 7) is 8.25. The van der Waals surface area contributed by atoms with Gasteiger partial charge in [-0.2, -0.15) is 0 Å². The van der Waals surface area contributed by atoms with Crippen molar-refractivity contribution in [2.45, 2.75) is 52.9 Å². The Kier molecular flexibility index (Phi) is 8.20. The van der Waals surface area contributed by atoms with Crippen LogP contribution in [-0.4, -0.2) is 42.5 Å². The van der Waals surface area contributed by atoms with Gasteiger partial charge < -0.3 is 14.2 Å². The highest BCUT2D eigenvalue weighted by Crippen LogP contribution is 2.04. The molecule has 0 aliphatic heterocycles. The molecule has 0 fully saturated rings. The normalized spacial score (nSPS) is 11.9. The summed E-state index contributed by atoms with van der Waals surface area (Å²) in [6.07, 6.45) is 0.377. The first kappa shape index (κ1) is 22.4. The van der Waals surface area contributed by atoms with E-state index in [0.717, 1.165) is 4.57 Å². The van der Waals surface area contributed by atoms with Crippen LogP contribution in [0.4, 0.5) is 0 Å². The zero-order valence-electron chi connectivity index (χ0n) is 16.1. The van der Waals surface area contributed by atoms with Gasteiger partial charge in [-0.15, -0.1) is 5.54 Å². The van der Waals surface area contributed by atoms with Crippen molar-refractivity contribution in [3.05, 3.63) is 32.6 Å². The highest BCUT2D eigenvalue weighted by molar-refractivity contribution is 6.83. The third-order valence-electron chi connectivity index (χ3n) is 2.94. The molecule has 148 valence electrons.